The molecule has 0 unspecified atom stereocenters. The van der Waals surface area contributed by atoms with Gasteiger partial charge in [-0.2, -0.15) is 18.3 Å². The Hall–Kier alpha value is -4.15. The first-order valence-corrected chi connectivity index (χ1v) is 9.39. The van der Waals surface area contributed by atoms with Gasteiger partial charge >= 0.3 is 6.18 Å². The molecule has 4 heterocycles. The average molecular weight is 439 g/mol. The van der Waals surface area contributed by atoms with Crippen molar-refractivity contribution in [2.45, 2.75) is 19.6 Å². The highest BCUT2D eigenvalue weighted by molar-refractivity contribution is 5.89. The number of hydrogen-bond acceptors (Lipinski definition) is 6. The summed E-state index contributed by atoms with van der Waals surface area (Å²) in [7, 11) is 0. The summed E-state index contributed by atoms with van der Waals surface area (Å²) < 4.78 is 40.2. The maximum atomic E-state index is 12.9. The van der Waals surface area contributed by atoms with E-state index in [1.165, 1.54) is 16.9 Å². The van der Waals surface area contributed by atoms with Gasteiger partial charge in [-0.25, -0.2) is 4.98 Å². The molecule has 0 saturated carbocycles. The number of hydrogen-bond donors (Lipinski definition) is 1. The van der Waals surface area contributed by atoms with Gasteiger partial charge in [-0.15, -0.1) is 0 Å². The molecule has 0 aromatic carbocycles. The van der Waals surface area contributed by atoms with Crippen LogP contribution < -0.4 is 5.32 Å². The zero-order chi connectivity index (χ0) is 22.7. The number of anilines is 1. The van der Waals surface area contributed by atoms with Crippen molar-refractivity contribution >= 4 is 11.7 Å². The lowest BCUT2D eigenvalue weighted by Crippen LogP contribution is -2.19. The average Bonchev–Trinajstić information content (AvgIpc) is 3.14. The summed E-state index contributed by atoms with van der Waals surface area (Å²) in [5, 5.41) is 6.89. The van der Waals surface area contributed by atoms with Gasteiger partial charge in [-0.3, -0.25) is 24.4 Å². The van der Waals surface area contributed by atoms with Crippen molar-refractivity contribution in [2.24, 2.45) is 0 Å². The Morgan fingerprint density at radius 3 is 2.56 bits per heavy atom. The summed E-state index contributed by atoms with van der Waals surface area (Å²) in [5.41, 5.74) is 1.70. The number of alkyl halides is 3. The van der Waals surface area contributed by atoms with Gasteiger partial charge in [-0.1, -0.05) is 0 Å². The third-order valence-corrected chi connectivity index (χ3v) is 4.50. The number of pyridine rings is 2. The number of halogens is 3. The van der Waals surface area contributed by atoms with Gasteiger partial charge in [0.05, 0.1) is 17.6 Å². The van der Waals surface area contributed by atoms with E-state index in [9.17, 15) is 18.0 Å². The van der Waals surface area contributed by atoms with Crippen LogP contribution in [0, 0.1) is 6.92 Å². The van der Waals surface area contributed by atoms with Crippen molar-refractivity contribution in [1.82, 2.24) is 29.7 Å². The number of aryl methyl sites for hydroxylation is 1. The monoisotopic (exact) mass is 439 g/mol. The molecule has 4 aromatic rings. The fraction of sp³-hybridized carbons (Fsp3) is 0.143. The fourth-order valence-corrected chi connectivity index (χ4v) is 3.03. The zero-order valence-electron chi connectivity index (χ0n) is 16.7. The molecule has 4 rings (SSSR count). The second-order valence-corrected chi connectivity index (χ2v) is 6.82. The molecular formula is C21H16F3N7O. The molecule has 32 heavy (non-hydrogen) atoms. The summed E-state index contributed by atoms with van der Waals surface area (Å²) in [6, 6.07) is 5.81. The summed E-state index contributed by atoms with van der Waals surface area (Å²) in [4.78, 5) is 28.1. The molecule has 0 aliphatic heterocycles. The van der Waals surface area contributed by atoms with E-state index in [1.54, 1.807) is 43.8 Å². The Kier molecular flexibility index (Phi) is 5.63. The topological polar surface area (TPSA) is 98.5 Å². The summed E-state index contributed by atoms with van der Waals surface area (Å²) in [6.07, 6.45) is 4.38. The molecule has 162 valence electrons. The highest BCUT2D eigenvalue weighted by Crippen LogP contribution is 2.31. The van der Waals surface area contributed by atoms with Crippen molar-refractivity contribution in [3.05, 3.63) is 72.8 Å². The number of nitrogens with zero attached hydrogens (tertiary/aromatic N) is 6. The molecule has 0 aliphatic rings. The first kappa shape index (κ1) is 21.1. The van der Waals surface area contributed by atoms with Crippen LogP contribution in [0.3, 0.4) is 0 Å². The van der Waals surface area contributed by atoms with Crippen LogP contribution in [0.15, 0.2) is 61.4 Å². The Morgan fingerprint density at radius 1 is 1.03 bits per heavy atom. The molecule has 0 atom stereocenters. The number of nitrogens with one attached hydrogen (secondary N) is 1. The predicted molar refractivity (Wildman–Crippen MR) is 109 cm³/mol. The van der Waals surface area contributed by atoms with Crippen molar-refractivity contribution in [1.29, 1.82) is 0 Å². The molecule has 11 heteroatoms. The van der Waals surface area contributed by atoms with Gasteiger partial charge in [-0.05, 0) is 36.8 Å². The van der Waals surface area contributed by atoms with Crippen molar-refractivity contribution in [3.63, 3.8) is 0 Å². The fourth-order valence-electron chi connectivity index (χ4n) is 3.03. The van der Waals surface area contributed by atoms with Crippen LogP contribution in [0.25, 0.3) is 22.4 Å². The van der Waals surface area contributed by atoms with Gasteiger partial charge in [0.25, 0.3) is 0 Å². The summed E-state index contributed by atoms with van der Waals surface area (Å²) >= 11 is 0. The quantitative estimate of drug-likeness (QED) is 0.508. The lowest BCUT2D eigenvalue weighted by molar-refractivity contribution is -0.141. The second kappa shape index (κ2) is 8.53. The summed E-state index contributed by atoms with van der Waals surface area (Å²) in [6.45, 7) is 1.52. The molecule has 0 saturated heterocycles. The van der Waals surface area contributed by atoms with E-state index in [0.717, 1.165) is 17.8 Å². The molecule has 8 nitrogen and oxygen atoms in total. The first-order chi connectivity index (χ1) is 15.3. The van der Waals surface area contributed by atoms with E-state index in [1.807, 2.05) is 0 Å². The van der Waals surface area contributed by atoms with E-state index in [2.05, 4.69) is 30.4 Å². The molecule has 0 aliphatic carbocycles. The number of carbonyl (C=O) groups is 1. The highest BCUT2D eigenvalue weighted by atomic mass is 19.4. The molecule has 0 fully saturated rings. The van der Waals surface area contributed by atoms with Crippen molar-refractivity contribution < 1.29 is 18.0 Å². The highest BCUT2D eigenvalue weighted by Gasteiger charge is 2.32. The maximum Gasteiger partial charge on any atom is 0.433 e. The Morgan fingerprint density at radius 2 is 1.88 bits per heavy atom. The molecular weight excluding hydrogens is 423 g/mol. The smallest absolute Gasteiger partial charge is 0.309 e. The van der Waals surface area contributed by atoms with Gasteiger partial charge < -0.3 is 5.32 Å². The SMILES string of the molecule is Cc1nn(CC(=O)Nc2ccc(-c3cnccn3)cn2)cc1-c1ccnc(C(F)(F)F)c1. The van der Waals surface area contributed by atoms with E-state index in [-0.39, 0.29) is 12.5 Å². The minimum absolute atomic E-state index is 0.133. The van der Waals surface area contributed by atoms with Crippen LogP contribution in [-0.2, 0) is 17.5 Å². The van der Waals surface area contributed by atoms with E-state index in [4.69, 9.17) is 0 Å². The predicted octanol–water partition coefficient (Wildman–Crippen LogP) is 3.76. The van der Waals surface area contributed by atoms with Crippen molar-refractivity contribution in [2.75, 3.05) is 5.32 Å². The van der Waals surface area contributed by atoms with E-state index >= 15 is 0 Å². The Balaban J connectivity index is 1.45. The van der Waals surface area contributed by atoms with Crippen LogP contribution in [0.2, 0.25) is 0 Å². The first-order valence-electron chi connectivity index (χ1n) is 9.39. The lowest BCUT2D eigenvalue weighted by Gasteiger charge is -2.07. The molecule has 0 bridgehead atoms. The third-order valence-electron chi connectivity index (χ3n) is 4.50. The second-order valence-electron chi connectivity index (χ2n) is 6.82. The van der Waals surface area contributed by atoms with E-state index in [0.29, 0.717) is 28.3 Å². The lowest BCUT2D eigenvalue weighted by atomic mass is 10.1. The Bertz CT molecular complexity index is 1240. The van der Waals surface area contributed by atoms with Gasteiger partial charge in [0, 0.05) is 42.1 Å². The minimum atomic E-state index is -4.55. The molecule has 0 radical (unpaired) electrons. The third kappa shape index (κ3) is 4.77. The van der Waals surface area contributed by atoms with Crippen LogP contribution in [0.5, 0.6) is 0 Å². The standard InChI is InChI=1S/C21H16F3N7O/c1-13-16(14-4-5-27-18(8-14)21(22,23)24)11-31(30-13)12-20(32)29-19-3-2-15(9-28-19)17-10-25-6-7-26-17/h2-11H,12H2,1H3,(H,28,29,32). The number of amides is 1. The largest absolute Gasteiger partial charge is 0.433 e. The number of carbonyl (C=O) groups excluding carboxylic acids is 1. The zero-order valence-corrected chi connectivity index (χ0v) is 16.7. The van der Waals surface area contributed by atoms with Crippen LogP contribution >= 0.6 is 0 Å². The van der Waals surface area contributed by atoms with Crippen LogP contribution in [0.1, 0.15) is 11.4 Å². The molecule has 1 N–H and O–H groups in total. The van der Waals surface area contributed by atoms with E-state index < -0.39 is 11.9 Å². The summed E-state index contributed by atoms with van der Waals surface area (Å²) in [5.74, 6) is -0.0415. The van der Waals surface area contributed by atoms with Gasteiger partial charge in [0.15, 0.2) is 0 Å². The minimum Gasteiger partial charge on any atom is -0.309 e. The van der Waals surface area contributed by atoms with Crippen LogP contribution in [0.4, 0.5) is 19.0 Å². The normalized spacial score (nSPS) is 11.4. The van der Waals surface area contributed by atoms with Gasteiger partial charge in [0.1, 0.15) is 18.1 Å². The Labute approximate surface area is 180 Å². The molecule has 4 aromatic heterocycles. The van der Waals surface area contributed by atoms with Gasteiger partial charge in [0.2, 0.25) is 5.91 Å². The van der Waals surface area contributed by atoms with Crippen molar-refractivity contribution in [3.8, 4) is 22.4 Å². The maximum absolute atomic E-state index is 12.9. The number of aromatic nitrogens is 6. The molecule has 1 amide bonds. The number of rotatable bonds is 5. The van der Waals surface area contributed by atoms with Crippen LogP contribution in [-0.4, -0.2) is 35.6 Å². The molecule has 0 spiro atoms.